The maximum atomic E-state index is 12.4. The van der Waals surface area contributed by atoms with Gasteiger partial charge in [0, 0.05) is 20.1 Å². The number of imide groups is 1. The smallest absolute Gasteiger partial charge is 0.330 e. The molecule has 10 nitrogen and oxygen atoms in total. The molecule has 26 heavy (non-hydrogen) atoms. The van der Waals surface area contributed by atoms with Gasteiger partial charge >= 0.3 is 11.7 Å². The van der Waals surface area contributed by atoms with Gasteiger partial charge in [-0.15, -0.1) is 0 Å². The first-order valence-corrected chi connectivity index (χ1v) is 8.60. The molecule has 0 aliphatic heterocycles. The number of carbonyl (C=O) groups excluding carboxylic acids is 2. The number of hydrogen-bond donors (Lipinski definition) is 4. The Morgan fingerprint density at radius 1 is 1.31 bits per heavy atom. The van der Waals surface area contributed by atoms with Gasteiger partial charge in [-0.25, -0.2) is 9.59 Å². The van der Waals surface area contributed by atoms with Crippen LogP contribution in [0.5, 0.6) is 0 Å². The van der Waals surface area contributed by atoms with Crippen molar-refractivity contribution in [2.24, 2.45) is 5.92 Å². The first-order valence-electron chi connectivity index (χ1n) is 8.60. The van der Waals surface area contributed by atoms with Crippen LogP contribution in [0.2, 0.25) is 0 Å². The van der Waals surface area contributed by atoms with E-state index in [1.165, 1.54) is 16.5 Å². The van der Waals surface area contributed by atoms with Gasteiger partial charge in [-0.1, -0.05) is 27.2 Å². The van der Waals surface area contributed by atoms with E-state index < -0.39 is 23.2 Å². The van der Waals surface area contributed by atoms with Gasteiger partial charge < -0.3 is 16.0 Å². The van der Waals surface area contributed by atoms with Crippen LogP contribution in [0, 0.1) is 5.92 Å². The van der Waals surface area contributed by atoms with Gasteiger partial charge in [0.05, 0.1) is 6.54 Å². The molecule has 10 heteroatoms. The summed E-state index contributed by atoms with van der Waals surface area (Å²) in [6.45, 7) is 6.28. The summed E-state index contributed by atoms with van der Waals surface area (Å²) in [4.78, 5) is 51.6. The molecular formula is C16H28N6O4. The Bertz CT molecular complexity index is 752. The number of H-pyrrole nitrogens is 1. The van der Waals surface area contributed by atoms with Crippen LogP contribution in [0.3, 0.4) is 0 Å². The third-order valence-corrected chi connectivity index (χ3v) is 3.67. The number of aromatic nitrogens is 2. The molecule has 1 aromatic heterocycles. The normalized spacial score (nSPS) is 10.7. The fourth-order valence-electron chi connectivity index (χ4n) is 2.45. The number of amides is 3. The predicted molar refractivity (Wildman–Crippen MR) is 100 cm³/mol. The molecule has 0 saturated carbocycles. The lowest BCUT2D eigenvalue weighted by Crippen LogP contribution is -2.46. The van der Waals surface area contributed by atoms with E-state index in [4.69, 9.17) is 5.73 Å². The van der Waals surface area contributed by atoms with Gasteiger partial charge in [-0.2, -0.15) is 0 Å². The Labute approximate surface area is 151 Å². The van der Waals surface area contributed by atoms with Crippen molar-refractivity contribution in [3.05, 3.63) is 20.8 Å². The molecular weight excluding hydrogens is 340 g/mol. The molecule has 3 amide bonds. The van der Waals surface area contributed by atoms with Crippen molar-refractivity contribution in [1.82, 2.24) is 20.2 Å². The summed E-state index contributed by atoms with van der Waals surface area (Å²) in [6.07, 6.45) is 1.53. The fraction of sp³-hybridized carbons (Fsp3) is 0.625. The number of nitrogen functional groups attached to an aromatic ring is 1. The van der Waals surface area contributed by atoms with Crippen LogP contribution in [0.25, 0.3) is 0 Å². The third-order valence-electron chi connectivity index (χ3n) is 3.67. The monoisotopic (exact) mass is 368 g/mol. The van der Waals surface area contributed by atoms with Crippen molar-refractivity contribution in [2.75, 3.05) is 30.8 Å². The number of rotatable bonds is 8. The zero-order chi connectivity index (χ0) is 19.9. The second-order valence-electron chi connectivity index (χ2n) is 6.40. The molecule has 0 atom stereocenters. The van der Waals surface area contributed by atoms with Crippen molar-refractivity contribution in [2.45, 2.75) is 40.2 Å². The average Bonchev–Trinajstić information content (AvgIpc) is 2.55. The molecule has 0 radical (unpaired) electrons. The second kappa shape index (κ2) is 9.64. The Morgan fingerprint density at radius 3 is 2.50 bits per heavy atom. The molecule has 1 heterocycles. The van der Waals surface area contributed by atoms with E-state index in [2.05, 4.69) is 15.6 Å². The standard InChI is InChI=1S/C16H28N6O4/c1-5-6-7-21(9-11(23)19-15(25)18-4)12-13(17)22(8-10(2)3)16(26)20-14(12)24/h10H,5-9,17H2,1-4H3,(H,20,24,26)(H2,18,19,23,25). The minimum Gasteiger partial charge on any atom is -0.383 e. The molecule has 0 aliphatic carbocycles. The first kappa shape index (κ1) is 21.3. The lowest BCUT2D eigenvalue weighted by Gasteiger charge is -2.25. The van der Waals surface area contributed by atoms with E-state index in [-0.39, 0.29) is 24.0 Å². The van der Waals surface area contributed by atoms with Crippen LogP contribution in [-0.2, 0) is 11.3 Å². The zero-order valence-electron chi connectivity index (χ0n) is 15.7. The highest BCUT2D eigenvalue weighted by atomic mass is 16.2. The van der Waals surface area contributed by atoms with Crippen molar-refractivity contribution < 1.29 is 9.59 Å². The van der Waals surface area contributed by atoms with Crippen LogP contribution in [-0.4, -0.2) is 41.6 Å². The molecule has 0 aliphatic rings. The number of urea groups is 1. The molecule has 0 spiro atoms. The second-order valence-corrected chi connectivity index (χ2v) is 6.40. The number of carbonyl (C=O) groups is 2. The number of anilines is 2. The zero-order valence-corrected chi connectivity index (χ0v) is 15.7. The fourth-order valence-corrected chi connectivity index (χ4v) is 2.45. The maximum absolute atomic E-state index is 12.4. The van der Waals surface area contributed by atoms with Crippen molar-refractivity contribution in [1.29, 1.82) is 0 Å². The summed E-state index contributed by atoms with van der Waals surface area (Å²) in [7, 11) is 1.39. The minimum atomic E-state index is -0.656. The molecule has 5 N–H and O–H groups in total. The van der Waals surface area contributed by atoms with E-state index in [0.717, 1.165) is 6.42 Å². The van der Waals surface area contributed by atoms with Crippen molar-refractivity contribution >= 4 is 23.4 Å². The Balaban J connectivity index is 3.28. The summed E-state index contributed by atoms with van der Waals surface area (Å²) < 4.78 is 1.29. The van der Waals surface area contributed by atoms with E-state index in [0.29, 0.717) is 19.5 Å². The number of aromatic amines is 1. The van der Waals surface area contributed by atoms with E-state index in [1.54, 1.807) is 0 Å². The summed E-state index contributed by atoms with van der Waals surface area (Å²) in [6, 6.07) is -0.642. The third kappa shape index (κ3) is 5.64. The number of unbranched alkanes of at least 4 members (excludes halogenated alkanes) is 1. The number of nitrogens with zero attached hydrogens (tertiary/aromatic N) is 2. The Hall–Kier alpha value is -2.78. The topological polar surface area (TPSA) is 142 Å². The largest absolute Gasteiger partial charge is 0.383 e. The van der Waals surface area contributed by atoms with Crippen LogP contribution in [0.15, 0.2) is 9.59 Å². The van der Waals surface area contributed by atoms with Crippen molar-refractivity contribution in [3.8, 4) is 0 Å². The van der Waals surface area contributed by atoms with Gasteiger partial charge in [-0.05, 0) is 12.3 Å². The highest BCUT2D eigenvalue weighted by Gasteiger charge is 2.21. The lowest BCUT2D eigenvalue weighted by atomic mass is 10.2. The van der Waals surface area contributed by atoms with E-state index >= 15 is 0 Å². The Kier molecular flexibility index (Phi) is 7.88. The van der Waals surface area contributed by atoms with Crippen LogP contribution in [0.1, 0.15) is 33.6 Å². The quantitative estimate of drug-likeness (QED) is 0.502. The lowest BCUT2D eigenvalue weighted by molar-refractivity contribution is -0.118. The van der Waals surface area contributed by atoms with Gasteiger partial charge in [0.2, 0.25) is 5.91 Å². The minimum absolute atomic E-state index is 0.0105. The Morgan fingerprint density at radius 2 is 1.96 bits per heavy atom. The van der Waals surface area contributed by atoms with Crippen LogP contribution in [0.4, 0.5) is 16.3 Å². The SMILES string of the molecule is CCCCN(CC(=O)NC(=O)NC)c1c(N)n(CC(C)C)c(=O)[nH]c1=O. The van der Waals surface area contributed by atoms with Crippen LogP contribution < -0.4 is 32.5 Å². The average molecular weight is 368 g/mol. The first-order chi connectivity index (χ1) is 12.2. The van der Waals surface area contributed by atoms with Gasteiger partial charge in [0.25, 0.3) is 5.56 Å². The highest BCUT2D eigenvalue weighted by Crippen LogP contribution is 2.18. The molecule has 0 saturated heterocycles. The molecule has 146 valence electrons. The summed E-state index contributed by atoms with van der Waals surface area (Å²) >= 11 is 0. The summed E-state index contributed by atoms with van der Waals surface area (Å²) in [5.74, 6) is -0.438. The van der Waals surface area contributed by atoms with Crippen molar-refractivity contribution in [3.63, 3.8) is 0 Å². The number of nitrogens with one attached hydrogen (secondary N) is 3. The molecule has 0 aromatic carbocycles. The molecule has 1 aromatic rings. The van der Waals surface area contributed by atoms with Gasteiger partial charge in [-0.3, -0.25) is 24.5 Å². The summed E-state index contributed by atoms with van der Waals surface area (Å²) in [5.41, 5.74) is 4.92. The predicted octanol–water partition coefficient (Wildman–Crippen LogP) is -0.163. The number of nitrogens with two attached hydrogens (primary N) is 1. The van der Waals surface area contributed by atoms with E-state index in [9.17, 15) is 19.2 Å². The van der Waals surface area contributed by atoms with Gasteiger partial charge in [0.1, 0.15) is 11.5 Å². The molecule has 1 rings (SSSR count). The van der Waals surface area contributed by atoms with Crippen LogP contribution >= 0.6 is 0 Å². The van der Waals surface area contributed by atoms with E-state index in [1.807, 2.05) is 20.8 Å². The molecule has 0 unspecified atom stereocenters. The summed E-state index contributed by atoms with van der Waals surface area (Å²) in [5, 5.41) is 4.44. The number of hydrogen-bond acceptors (Lipinski definition) is 6. The molecule has 0 bridgehead atoms. The van der Waals surface area contributed by atoms with Gasteiger partial charge in [0.15, 0.2) is 0 Å². The maximum Gasteiger partial charge on any atom is 0.330 e. The highest BCUT2D eigenvalue weighted by molar-refractivity contribution is 5.96. The molecule has 0 fully saturated rings.